The van der Waals surface area contributed by atoms with Crippen molar-refractivity contribution in [3.05, 3.63) is 70.8 Å². The van der Waals surface area contributed by atoms with Crippen molar-refractivity contribution in [1.29, 1.82) is 0 Å². The van der Waals surface area contributed by atoms with Gasteiger partial charge in [-0.05, 0) is 24.6 Å². The summed E-state index contributed by atoms with van der Waals surface area (Å²) in [4.78, 5) is 23.4. The van der Waals surface area contributed by atoms with E-state index < -0.39 is 5.97 Å². The van der Waals surface area contributed by atoms with Crippen LogP contribution in [0.2, 0.25) is 0 Å². The van der Waals surface area contributed by atoms with Gasteiger partial charge in [0.05, 0.1) is 12.7 Å². The molecule has 0 spiro atoms. The number of esters is 1. The van der Waals surface area contributed by atoms with Crippen molar-refractivity contribution < 1.29 is 14.3 Å². The first-order valence-electron chi connectivity index (χ1n) is 6.37. The predicted molar refractivity (Wildman–Crippen MR) is 77.0 cm³/mol. The summed E-state index contributed by atoms with van der Waals surface area (Å²) in [7, 11) is 1.33. The molecule has 3 nitrogen and oxygen atoms in total. The molecule has 2 aromatic rings. The van der Waals surface area contributed by atoms with Gasteiger partial charge in [-0.3, -0.25) is 4.79 Å². The fourth-order valence-corrected chi connectivity index (χ4v) is 1.90. The molecule has 0 saturated carbocycles. The lowest BCUT2D eigenvalue weighted by Gasteiger charge is -2.04. The van der Waals surface area contributed by atoms with Crippen LogP contribution in [0.25, 0.3) is 0 Å². The van der Waals surface area contributed by atoms with Gasteiger partial charge in [0.1, 0.15) is 0 Å². The molecule has 0 aliphatic rings. The molecule has 0 aliphatic carbocycles. The van der Waals surface area contributed by atoms with Gasteiger partial charge in [0, 0.05) is 12.0 Å². The van der Waals surface area contributed by atoms with Crippen LogP contribution in [0.3, 0.4) is 0 Å². The highest BCUT2D eigenvalue weighted by Gasteiger charge is 2.09. The van der Waals surface area contributed by atoms with E-state index in [1.165, 1.54) is 12.7 Å². The van der Waals surface area contributed by atoms with E-state index in [9.17, 15) is 9.59 Å². The van der Waals surface area contributed by atoms with Crippen molar-refractivity contribution in [2.45, 2.75) is 13.3 Å². The summed E-state index contributed by atoms with van der Waals surface area (Å²) in [6.07, 6.45) is 0.359. The minimum atomic E-state index is -0.400. The highest BCUT2D eigenvalue weighted by atomic mass is 16.5. The fraction of sp³-hybridized carbons (Fsp3) is 0.176. The molecule has 0 fully saturated rings. The van der Waals surface area contributed by atoms with E-state index in [-0.39, 0.29) is 5.78 Å². The van der Waals surface area contributed by atoms with Crippen LogP contribution >= 0.6 is 0 Å². The highest BCUT2D eigenvalue weighted by Crippen LogP contribution is 2.11. The molecule has 0 atom stereocenters. The van der Waals surface area contributed by atoms with Crippen molar-refractivity contribution in [3.8, 4) is 0 Å². The van der Waals surface area contributed by atoms with Crippen LogP contribution in [0.4, 0.5) is 0 Å². The quantitative estimate of drug-likeness (QED) is 0.631. The number of ketones is 1. The Kier molecular flexibility index (Phi) is 4.31. The molecule has 2 rings (SSSR count). The van der Waals surface area contributed by atoms with Gasteiger partial charge in [-0.2, -0.15) is 0 Å². The Labute approximate surface area is 118 Å². The molecule has 102 valence electrons. The van der Waals surface area contributed by atoms with Crippen LogP contribution in [0.5, 0.6) is 0 Å². The van der Waals surface area contributed by atoms with Gasteiger partial charge in [-0.1, -0.05) is 42.0 Å². The van der Waals surface area contributed by atoms with Gasteiger partial charge in [0.25, 0.3) is 0 Å². The Morgan fingerprint density at radius 3 is 2.00 bits per heavy atom. The van der Waals surface area contributed by atoms with Gasteiger partial charge in [0.2, 0.25) is 0 Å². The summed E-state index contributed by atoms with van der Waals surface area (Å²) in [5.74, 6) is -0.368. The largest absolute Gasteiger partial charge is 0.465 e. The lowest BCUT2D eigenvalue weighted by molar-refractivity contribution is 0.0600. The maximum atomic E-state index is 12.1. The number of hydrogen-bond acceptors (Lipinski definition) is 3. The van der Waals surface area contributed by atoms with E-state index in [4.69, 9.17) is 0 Å². The van der Waals surface area contributed by atoms with Crippen LogP contribution in [-0.4, -0.2) is 18.9 Å². The molecular formula is C17H16O3. The zero-order valence-corrected chi connectivity index (χ0v) is 11.6. The minimum Gasteiger partial charge on any atom is -0.465 e. The third-order valence-electron chi connectivity index (χ3n) is 3.11. The average Bonchev–Trinajstić information content (AvgIpc) is 2.49. The predicted octanol–water partition coefficient (Wildman–Crippen LogP) is 3.21. The average molecular weight is 268 g/mol. The topological polar surface area (TPSA) is 43.4 Å². The number of ether oxygens (including phenoxy) is 1. The molecule has 0 radical (unpaired) electrons. The molecule has 0 saturated heterocycles. The molecule has 2 aromatic carbocycles. The second-order valence-corrected chi connectivity index (χ2v) is 4.65. The maximum absolute atomic E-state index is 12.1. The lowest BCUT2D eigenvalue weighted by Crippen LogP contribution is -2.05. The zero-order chi connectivity index (χ0) is 14.5. The zero-order valence-electron chi connectivity index (χ0n) is 11.6. The molecule has 0 unspecified atom stereocenters. The second-order valence-electron chi connectivity index (χ2n) is 4.65. The van der Waals surface area contributed by atoms with Crippen molar-refractivity contribution in [2.75, 3.05) is 7.11 Å². The van der Waals surface area contributed by atoms with Crippen LogP contribution in [-0.2, 0) is 11.2 Å². The molecule has 0 heterocycles. The molecular weight excluding hydrogens is 252 g/mol. The van der Waals surface area contributed by atoms with Crippen LogP contribution < -0.4 is 0 Å². The lowest BCUT2D eigenvalue weighted by atomic mass is 10.0. The van der Waals surface area contributed by atoms with Crippen molar-refractivity contribution in [1.82, 2.24) is 0 Å². The Balaban J connectivity index is 2.09. The maximum Gasteiger partial charge on any atom is 0.337 e. The summed E-state index contributed by atoms with van der Waals surface area (Å²) < 4.78 is 4.62. The fourth-order valence-electron chi connectivity index (χ4n) is 1.90. The summed E-state index contributed by atoms with van der Waals surface area (Å²) in [6, 6.07) is 14.4. The number of aryl methyl sites for hydroxylation is 1. The SMILES string of the molecule is COC(=O)c1ccc(C(=O)Cc2ccc(C)cc2)cc1. The Morgan fingerprint density at radius 1 is 0.900 bits per heavy atom. The molecule has 0 amide bonds. The summed E-state index contributed by atoms with van der Waals surface area (Å²) in [6.45, 7) is 2.01. The van der Waals surface area contributed by atoms with Crippen LogP contribution in [0.15, 0.2) is 48.5 Å². The van der Waals surface area contributed by atoms with E-state index in [0.717, 1.165) is 5.56 Å². The van der Waals surface area contributed by atoms with Gasteiger partial charge in [-0.15, -0.1) is 0 Å². The third-order valence-corrected chi connectivity index (χ3v) is 3.11. The Bertz CT molecular complexity index is 610. The second kappa shape index (κ2) is 6.15. The summed E-state index contributed by atoms with van der Waals surface area (Å²) >= 11 is 0. The van der Waals surface area contributed by atoms with Gasteiger partial charge in [0.15, 0.2) is 5.78 Å². The first-order valence-corrected chi connectivity index (χ1v) is 6.37. The third kappa shape index (κ3) is 3.32. The summed E-state index contributed by atoms with van der Waals surface area (Å²) in [5, 5.41) is 0. The normalized spacial score (nSPS) is 10.1. The van der Waals surface area contributed by atoms with Gasteiger partial charge >= 0.3 is 5.97 Å². The van der Waals surface area contributed by atoms with E-state index in [0.29, 0.717) is 17.5 Å². The van der Waals surface area contributed by atoms with Gasteiger partial charge in [-0.25, -0.2) is 4.79 Å². The van der Waals surface area contributed by atoms with Crippen molar-refractivity contribution >= 4 is 11.8 Å². The molecule has 0 aliphatic heterocycles. The number of hydrogen-bond donors (Lipinski definition) is 0. The van der Waals surface area contributed by atoms with E-state index in [1.807, 2.05) is 31.2 Å². The minimum absolute atomic E-state index is 0.0327. The van der Waals surface area contributed by atoms with Crippen molar-refractivity contribution in [3.63, 3.8) is 0 Å². The Morgan fingerprint density at radius 2 is 1.45 bits per heavy atom. The van der Waals surface area contributed by atoms with Crippen LogP contribution in [0.1, 0.15) is 31.8 Å². The first kappa shape index (κ1) is 14.0. The molecule has 0 bridgehead atoms. The van der Waals surface area contributed by atoms with E-state index >= 15 is 0 Å². The molecule has 20 heavy (non-hydrogen) atoms. The van der Waals surface area contributed by atoms with E-state index in [1.54, 1.807) is 24.3 Å². The smallest absolute Gasteiger partial charge is 0.337 e. The number of methoxy groups -OCH3 is 1. The molecule has 3 heteroatoms. The highest BCUT2D eigenvalue weighted by molar-refractivity contribution is 5.98. The monoisotopic (exact) mass is 268 g/mol. The first-order chi connectivity index (χ1) is 9.60. The van der Waals surface area contributed by atoms with Gasteiger partial charge < -0.3 is 4.74 Å². The number of carbonyl (C=O) groups is 2. The van der Waals surface area contributed by atoms with Crippen molar-refractivity contribution in [2.24, 2.45) is 0 Å². The Hall–Kier alpha value is -2.42. The molecule has 0 aromatic heterocycles. The van der Waals surface area contributed by atoms with Crippen LogP contribution in [0, 0.1) is 6.92 Å². The summed E-state index contributed by atoms with van der Waals surface area (Å²) in [5.41, 5.74) is 3.19. The number of carbonyl (C=O) groups excluding carboxylic acids is 2. The standard InChI is InChI=1S/C17H16O3/c1-12-3-5-13(6-4-12)11-16(18)14-7-9-15(10-8-14)17(19)20-2/h3-10H,11H2,1-2H3. The van der Waals surface area contributed by atoms with E-state index in [2.05, 4.69) is 4.74 Å². The number of benzene rings is 2. The number of Topliss-reactive ketones (excluding diaryl/α,β-unsaturated/α-hetero) is 1. The molecule has 0 N–H and O–H groups in total. The number of rotatable bonds is 4.